The Morgan fingerprint density at radius 2 is 2.43 bits per heavy atom. The Hall–Kier alpha value is -0.840. The first-order valence-electron chi connectivity index (χ1n) is 1.85. The van der Waals surface area contributed by atoms with Gasteiger partial charge in [0.05, 0.1) is 0 Å². The molecule has 5 nitrogen and oxygen atoms in total. The van der Waals surface area contributed by atoms with Crippen molar-refractivity contribution < 1.29 is 20.9 Å². The molecule has 7 heavy (non-hydrogen) atoms. The number of hydrogen-bond donors (Lipinski definition) is 2. The van der Waals surface area contributed by atoms with Crippen molar-refractivity contribution in [2.24, 2.45) is 0 Å². The van der Waals surface area contributed by atoms with E-state index in [4.69, 9.17) is 5.21 Å². The average molecular weight is 108 g/mol. The van der Waals surface area contributed by atoms with Crippen molar-refractivity contribution >= 4 is 0 Å². The molecule has 0 aliphatic carbocycles. The summed E-state index contributed by atoms with van der Waals surface area (Å²) in [6.45, 7) is 0.624. The van der Waals surface area contributed by atoms with Gasteiger partial charge >= 0.3 is 5.09 Å². The monoisotopic (exact) mass is 108 g/mol. The quantitative estimate of drug-likeness (QED) is 0.424. The molecule has 0 aromatic heterocycles. The second kappa shape index (κ2) is 3.35. The highest BCUT2D eigenvalue weighted by atomic mass is 16.9. The van der Waals surface area contributed by atoms with E-state index in [1.54, 1.807) is 0 Å². The van der Waals surface area contributed by atoms with Crippen LogP contribution in [0.2, 0.25) is 0 Å². The van der Waals surface area contributed by atoms with Crippen LogP contribution < -0.4 is 5.73 Å². The van der Waals surface area contributed by atoms with Gasteiger partial charge in [0.15, 0.2) is 0 Å². The van der Waals surface area contributed by atoms with Crippen molar-refractivity contribution in [3.8, 4) is 0 Å². The molecule has 0 amide bonds. The molecule has 0 atom stereocenters. The number of rotatable bonds is 3. The summed E-state index contributed by atoms with van der Waals surface area (Å²) in [5.41, 5.74) is 3.36. The zero-order chi connectivity index (χ0) is 5.70. The Morgan fingerprint density at radius 1 is 1.86 bits per heavy atom. The molecular formula is C2H8N2O3+2. The van der Waals surface area contributed by atoms with E-state index in [0.29, 0.717) is 6.54 Å². The molecule has 0 unspecified atom stereocenters. The van der Waals surface area contributed by atoms with E-state index in [-0.39, 0.29) is 6.61 Å². The van der Waals surface area contributed by atoms with Crippen LogP contribution in [0.1, 0.15) is 0 Å². The third-order valence-corrected chi connectivity index (χ3v) is 0.346. The largest absolute Gasteiger partial charge is 0.475 e. The van der Waals surface area contributed by atoms with Gasteiger partial charge in [0.1, 0.15) is 11.5 Å². The van der Waals surface area contributed by atoms with Gasteiger partial charge in [-0.2, -0.15) is 4.84 Å². The van der Waals surface area contributed by atoms with Crippen molar-refractivity contribution in [1.82, 2.24) is 0 Å². The molecule has 4 N–H and O–H groups in total. The third kappa shape index (κ3) is 5.16. The predicted octanol–water partition coefficient (Wildman–Crippen LogP) is -1.67. The molecule has 0 saturated heterocycles. The fourth-order valence-electron chi connectivity index (χ4n) is 0.143. The lowest BCUT2D eigenvalue weighted by molar-refractivity contribution is -0.976. The maximum absolute atomic E-state index is 9.42. The van der Waals surface area contributed by atoms with Gasteiger partial charge in [-0.3, -0.25) is 0 Å². The van der Waals surface area contributed by atoms with Crippen LogP contribution in [0.4, 0.5) is 0 Å². The van der Waals surface area contributed by atoms with Crippen molar-refractivity contribution in [3.05, 3.63) is 4.91 Å². The molecule has 0 spiro atoms. The van der Waals surface area contributed by atoms with Gasteiger partial charge in [0, 0.05) is 0 Å². The van der Waals surface area contributed by atoms with Crippen molar-refractivity contribution in [1.29, 1.82) is 0 Å². The minimum Gasteiger partial charge on any atom is -0.354 e. The number of nitrogens with zero attached hydrogens (tertiary/aromatic N) is 1. The molecule has 0 heterocycles. The van der Waals surface area contributed by atoms with E-state index in [1.807, 2.05) is 0 Å². The van der Waals surface area contributed by atoms with Crippen molar-refractivity contribution in [2.45, 2.75) is 0 Å². The molecule has 0 aromatic carbocycles. The van der Waals surface area contributed by atoms with E-state index in [0.717, 1.165) is 0 Å². The van der Waals surface area contributed by atoms with Gasteiger partial charge in [0.2, 0.25) is 6.61 Å². The molecule has 0 aliphatic rings. The van der Waals surface area contributed by atoms with Crippen LogP contribution in [-0.2, 0) is 4.84 Å². The minimum absolute atomic E-state index is 0.153. The maximum atomic E-state index is 9.42. The summed E-state index contributed by atoms with van der Waals surface area (Å²) >= 11 is 0. The lowest BCUT2D eigenvalue weighted by Crippen LogP contribution is -2.52. The summed E-state index contributed by atoms with van der Waals surface area (Å²) in [6, 6.07) is 0. The highest BCUT2D eigenvalue weighted by molar-refractivity contribution is 4.07. The zero-order valence-electron chi connectivity index (χ0n) is 3.83. The molecule has 0 fully saturated rings. The van der Waals surface area contributed by atoms with Gasteiger partial charge in [-0.15, -0.1) is 0 Å². The van der Waals surface area contributed by atoms with Gasteiger partial charge in [-0.05, 0) is 0 Å². The van der Waals surface area contributed by atoms with Crippen LogP contribution >= 0.6 is 0 Å². The van der Waals surface area contributed by atoms with Crippen LogP contribution in [0.25, 0.3) is 0 Å². The molecule has 0 bridgehead atoms. The summed E-state index contributed by atoms with van der Waals surface area (Å²) in [5.74, 6) is 0. The standard InChI is InChI=1S/C2H7N2O3/c3-1-2-7-4(5)6/h1-3H2,(H,5,6)/q+1/p+1. The highest BCUT2D eigenvalue weighted by Crippen LogP contribution is 1.64. The first-order chi connectivity index (χ1) is 3.27. The van der Waals surface area contributed by atoms with Crippen LogP contribution in [0.15, 0.2) is 0 Å². The molecule has 0 aromatic rings. The second-order valence-electron chi connectivity index (χ2n) is 0.925. The van der Waals surface area contributed by atoms with E-state index >= 15 is 0 Å². The fraction of sp³-hybridized carbons (Fsp3) is 1.00. The number of hydrogen-bond acceptors (Lipinski definition) is 2. The van der Waals surface area contributed by atoms with E-state index in [1.165, 1.54) is 0 Å². The first-order valence-corrected chi connectivity index (χ1v) is 1.85. The van der Waals surface area contributed by atoms with Crippen LogP contribution in [0.5, 0.6) is 0 Å². The normalized spacial score (nSPS) is 8.14. The van der Waals surface area contributed by atoms with Gasteiger partial charge in [0.25, 0.3) is 0 Å². The maximum Gasteiger partial charge on any atom is 0.475 e. The predicted molar refractivity (Wildman–Crippen MR) is 19.1 cm³/mol. The van der Waals surface area contributed by atoms with Crippen LogP contribution in [0, 0.1) is 4.91 Å². The molecule has 0 saturated carbocycles. The van der Waals surface area contributed by atoms with Crippen LogP contribution in [0.3, 0.4) is 0 Å². The molecule has 0 rings (SSSR count). The Morgan fingerprint density at radius 3 is 2.57 bits per heavy atom. The Bertz CT molecular complexity index is 64.0. The van der Waals surface area contributed by atoms with E-state index < -0.39 is 5.09 Å². The third-order valence-electron chi connectivity index (χ3n) is 0.346. The Kier molecular flexibility index (Phi) is 2.95. The first kappa shape index (κ1) is 6.16. The van der Waals surface area contributed by atoms with Gasteiger partial charge in [-0.1, -0.05) is 0 Å². The van der Waals surface area contributed by atoms with E-state index in [2.05, 4.69) is 10.6 Å². The molecule has 0 aliphatic heterocycles. The van der Waals surface area contributed by atoms with Gasteiger partial charge < -0.3 is 5.73 Å². The summed E-state index contributed by atoms with van der Waals surface area (Å²) in [7, 11) is 0. The van der Waals surface area contributed by atoms with Crippen LogP contribution in [-0.4, -0.2) is 23.4 Å². The van der Waals surface area contributed by atoms with Gasteiger partial charge in [-0.25, -0.2) is 5.21 Å². The average Bonchev–Trinajstić information content (AvgIpc) is 1.61. The topological polar surface area (TPSA) is 77.2 Å². The SMILES string of the molecule is [NH3+]CCO[N+](=O)O. The lowest BCUT2D eigenvalue weighted by Gasteiger charge is -1.78. The molecule has 42 valence electrons. The summed E-state index contributed by atoms with van der Waals surface area (Å²) < 4.78 is 0. The van der Waals surface area contributed by atoms with Crippen molar-refractivity contribution in [3.63, 3.8) is 0 Å². The zero-order valence-corrected chi connectivity index (χ0v) is 3.83. The summed E-state index contributed by atoms with van der Waals surface area (Å²) in [4.78, 5) is 13.4. The summed E-state index contributed by atoms with van der Waals surface area (Å²) in [6.07, 6.45) is 0. The number of quaternary nitrogens is 1. The van der Waals surface area contributed by atoms with E-state index in [9.17, 15) is 4.91 Å². The Labute approximate surface area is 40.2 Å². The fourth-order valence-corrected chi connectivity index (χ4v) is 0.143. The molecule has 5 heteroatoms. The summed E-state index contributed by atoms with van der Waals surface area (Å²) in [5, 5.41) is 7.13. The second-order valence-corrected chi connectivity index (χ2v) is 0.925. The molecule has 0 radical (unpaired) electrons. The minimum atomic E-state index is -0.578. The Balaban J connectivity index is 2.82. The van der Waals surface area contributed by atoms with Crippen molar-refractivity contribution in [2.75, 3.05) is 13.2 Å². The highest BCUT2D eigenvalue weighted by Gasteiger charge is 2.00. The lowest BCUT2D eigenvalue weighted by atomic mass is 10.8. The smallest absolute Gasteiger partial charge is 0.354 e. The molecular weight excluding hydrogens is 100 g/mol.